The van der Waals surface area contributed by atoms with Crippen LogP contribution in [0.15, 0.2) is 40.8 Å². The van der Waals surface area contributed by atoms with Gasteiger partial charge in [0.25, 0.3) is 5.91 Å². The molecule has 0 bridgehead atoms. The van der Waals surface area contributed by atoms with Crippen LogP contribution in [0.4, 0.5) is 0 Å². The van der Waals surface area contributed by atoms with E-state index in [2.05, 4.69) is 10.9 Å². The maximum atomic E-state index is 12.5. The Balaban J connectivity index is 1.76. The van der Waals surface area contributed by atoms with Crippen molar-refractivity contribution in [3.05, 3.63) is 53.3 Å². The Bertz CT molecular complexity index is 1020. The molecular weight excluding hydrogens is 364 g/mol. The first-order chi connectivity index (χ1) is 13.5. The maximum Gasteiger partial charge on any atom is 0.305 e. The maximum absolute atomic E-state index is 12.5. The van der Waals surface area contributed by atoms with Gasteiger partial charge in [-0.05, 0) is 37.3 Å². The van der Waals surface area contributed by atoms with Gasteiger partial charge in [0.1, 0.15) is 22.8 Å². The summed E-state index contributed by atoms with van der Waals surface area (Å²) in [5.74, 6) is 0.572. The fraction of sp³-hybridized carbons (Fsp3) is 0.200. The fourth-order valence-corrected chi connectivity index (χ4v) is 2.72. The fourth-order valence-electron chi connectivity index (χ4n) is 2.72. The second-order valence-electron chi connectivity index (χ2n) is 5.93. The van der Waals surface area contributed by atoms with E-state index < -0.39 is 11.8 Å². The second-order valence-corrected chi connectivity index (χ2v) is 5.93. The predicted octanol–water partition coefficient (Wildman–Crippen LogP) is 2.84. The van der Waals surface area contributed by atoms with Gasteiger partial charge in [-0.2, -0.15) is 0 Å². The third-order valence-electron chi connectivity index (χ3n) is 4.25. The molecule has 8 nitrogen and oxygen atoms in total. The normalized spacial score (nSPS) is 10.4. The molecule has 3 aromatic rings. The summed E-state index contributed by atoms with van der Waals surface area (Å²) < 4.78 is 21.1. The van der Waals surface area contributed by atoms with Gasteiger partial charge in [0, 0.05) is 22.6 Å². The van der Waals surface area contributed by atoms with Gasteiger partial charge in [0.05, 0.1) is 21.3 Å². The van der Waals surface area contributed by atoms with E-state index in [4.69, 9.17) is 18.6 Å². The number of benzene rings is 2. The molecule has 0 saturated heterocycles. The summed E-state index contributed by atoms with van der Waals surface area (Å²) >= 11 is 0. The van der Waals surface area contributed by atoms with Crippen molar-refractivity contribution in [3.8, 4) is 17.2 Å². The van der Waals surface area contributed by atoms with Crippen LogP contribution in [0.25, 0.3) is 11.0 Å². The molecular formula is C20H20N2O6. The lowest BCUT2D eigenvalue weighted by Gasteiger charge is -2.09. The minimum atomic E-state index is -0.573. The third kappa shape index (κ3) is 3.71. The van der Waals surface area contributed by atoms with Gasteiger partial charge in [0.2, 0.25) is 0 Å². The van der Waals surface area contributed by atoms with Gasteiger partial charge in [0.15, 0.2) is 5.76 Å². The Hall–Kier alpha value is -3.68. The largest absolute Gasteiger partial charge is 0.497 e. The number of rotatable bonds is 5. The van der Waals surface area contributed by atoms with Crippen LogP contribution in [0.5, 0.6) is 17.2 Å². The monoisotopic (exact) mass is 384 g/mol. The summed E-state index contributed by atoms with van der Waals surface area (Å²) in [6.07, 6.45) is 0. The van der Waals surface area contributed by atoms with E-state index in [9.17, 15) is 9.59 Å². The Kier molecular flexibility index (Phi) is 5.39. The summed E-state index contributed by atoms with van der Waals surface area (Å²) in [5, 5.41) is 0.758. The highest BCUT2D eigenvalue weighted by atomic mass is 16.5. The molecule has 2 amide bonds. The predicted molar refractivity (Wildman–Crippen MR) is 102 cm³/mol. The Morgan fingerprint density at radius 3 is 2.04 bits per heavy atom. The van der Waals surface area contributed by atoms with Crippen LogP contribution in [-0.2, 0) is 0 Å². The van der Waals surface area contributed by atoms with Crippen molar-refractivity contribution < 1.29 is 28.2 Å². The van der Waals surface area contributed by atoms with E-state index in [-0.39, 0.29) is 11.3 Å². The van der Waals surface area contributed by atoms with Gasteiger partial charge < -0.3 is 18.6 Å². The molecule has 0 saturated carbocycles. The Morgan fingerprint density at radius 2 is 1.43 bits per heavy atom. The van der Waals surface area contributed by atoms with Crippen LogP contribution in [0, 0.1) is 6.92 Å². The summed E-state index contributed by atoms with van der Waals surface area (Å²) in [6, 6.07) is 9.95. The number of aryl methyl sites for hydroxylation is 1. The summed E-state index contributed by atoms with van der Waals surface area (Å²) in [6.45, 7) is 1.76. The summed E-state index contributed by atoms with van der Waals surface area (Å²) in [7, 11) is 4.53. The zero-order chi connectivity index (χ0) is 20.3. The zero-order valence-corrected chi connectivity index (χ0v) is 15.9. The van der Waals surface area contributed by atoms with Crippen LogP contribution in [-0.4, -0.2) is 33.1 Å². The molecule has 0 radical (unpaired) electrons. The van der Waals surface area contributed by atoms with Crippen molar-refractivity contribution in [2.24, 2.45) is 0 Å². The molecule has 0 aliphatic rings. The molecule has 2 N–H and O–H groups in total. The first kappa shape index (κ1) is 19.1. The van der Waals surface area contributed by atoms with Crippen molar-refractivity contribution in [1.82, 2.24) is 10.9 Å². The van der Waals surface area contributed by atoms with Crippen LogP contribution in [0.3, 0.4) is 0 Å². The van der Waals surface area contributed by atoms with Gasteiger partial charge in [-0.15, -0.1) is 0 Å². The number of hydrogen-bond donors (Lipinski definition) is 2. The number of fused-ring (bicyclic) bond motifs is 1. The molecule has 146 valence electrons. The van der Waals surface area contributed by atoms with Crippen LogP contribution in [0.1, 0.15) is 26.5 Å². The van der Waals surface area contributed by atoms with E-state index in [0.717, 1.165) is 5.39 Å². The molecule has 8 heteroatoms. The molecule has 1 aromatic heterocycles. The number of methoxy groups -OCH3 is 3. The van der Waals surface area contributed by atoms with E-state index in [1.54, 1.807) is 38.3 Å². The Morgan fingerprint density at radius 1 is 0.821 bits per heavy atom. The van der Waals surface area contributed by atoms with Crippen LogP contribution >= 0.6 is 0 Å². The lowest BCUT2D eigenvalue weighted by atomic mass is 10.1. The highest BCUT2D eigenvalue weighted by Gasteiger charge is 2.19. The first-order valence-corrected chi connectivity index (χ1v) is 8.37. The second kappa shape index (κ2) is 7.91. The molecule has 2 aromatic carbocycles. The number of amides is 2. The lowest BCUT2D eigenvalue weighted by Crippen LogP contribution is -2.41. The summed E-state index contributed by atoms with van der Waals surface area (Å²) in [5.41, 5.74) is 6.17. The summed E-state index contributed by atoms with van der Waals surface area (Å²) in [4.78, 5) is 24.8. The van der Waals surface area contributed by atoms with E-state index in [0.29, 0.717) is 28.4 Å². The SMILES string of the molecule is COc1cc(OC)cc(C(=O)NNC(=O)c2oc3ccc(OC)cc3c2C)c1. The highest BCUT2D eigenvalue weighted by Crippen LogP contribution is 2.28. The average molecular weight is 384 g/mol. The number of nitrogens with one attached hydrogen (secondary N) is 2. The lowest BCUT2D eigenvalue weighted by molar-refractivity contribution is 0.0831. The first-order valence-electron chi connectivity index (χ1n) is 8.37. The number of furan rings is 1. The highest BCUT2D eigenvalue weighted by molar-refractivity contribution is 6.01. The van der Waals surface area contributed by atoms with Crippen molar-refractivity contribution in [1.29, 1.82) is 0 Å². The molecule has 0 aliphatic carbocycles. The number of hydrogen-bond acceptors (Lipinski definition) is 6. The quantitative estimate of drug-likeness (QED) is 0.657. The van der Waals surface area contributed by atoms with E-state index >= 15 is 0 Å². The molecule has 1 heterocycles. The van der Waals surface area contributed by atoms with Crippen molar-refractivity contribution in [3.63, 3.8) is 0 Å². The topological polar surface area (TPSA) is 99.0 Å². The minimum absolute atomic E-state index is 0.103. The van der Waals surface area contributed by atoms with E-state index in [1.807, 2.05) is 0 Å². The van der Waals surface area contributed by atoms with Crippen LogP contribution < -0.4 is 25.1 Å². The Labute approximate surface area is 161 Å². The van der Waals surface area contributed by atoms with Crippen LogP contribution in [0.2, 0.25) is 0 Å². The van der Waals surface area contributed by atoms with Crippen molar-refractivity contribution >= 4 is 22.8 Å². The molecule has 3 rings (SSSR count). The molecule has 0 spiro atoms. The number of ether oxygens (including phenoxy) is 3. The smallest absolute Gasteiger partial charge is 0.305 e. The molecule has 0 atom stereocenters. The average Bonchev–Trinajstić information content (AvgIpc) is 3.07. The standard InChI is InChI=1S/C20H20N2O6/c1-11-16-10-13(25-2)5-6-17(16)28-18(11)20(24)22-21-19(23)12-7-14(26-3)9-15(8-12)27-4/h5-10H,1-4H3,(H,21,23)(H,22,24). The number of carbonyl (C=O) groups excluding carboxylic acids is 2. The van der Waals surface area contributed by atoms with Gasteiger partial charge in [-0.3, -0.25) is 20.4 Å². The number of carbonyl (C=O) groups is 2. The molecule has 28 heavy (non-hydrogen) atoms. The van der Waals surface area contributed by atoms with Gasteiger partial charge >= 0.3 is 5.91 Å². The van der Waals surface area contributed by atoms with Gasteiger partial charge in [-0.25, -0.2) is 0 Å². The van der Waals surface area contributed by atoms with Crippen molar-refractivity contribution in [2.75, 3.05) is 21.3 Å². The van der Waals surface area contributed by atoms with Crippen molar-refractivity contribution in [2.45, 2.75) is 6.92 Å². The van der Waals surface area contributed by atoms with Gasteiger partial charge in [-0.1, -0.05) is 0 Å². The van der Waals surface area contributed by atoms with E-state index in [1.165, 1.54) is 26.4 Å². The zero-order valence-electron chi connectivity index (χ0n) is 15.9. The molecule has 0 unspecified atom stereocenters. The number of hydrazine groups is 1. The molecule has 0 fully saturated rings. The minimum Gasteiger partial charge on any atom is -0.497 e. The third-order valence-corrected chi connectivity index (χ3v) is 4.25. The molecule has 0 aliphatic heterocycles.